The predicted molar refractivity (Wildman–Crippen MR) is 78.9 cm³/mol. The molecule has 2 rings (SSSR count). The minimum atomic E-state index is 0.617. The lowest BCUT2D eigenvalue weighted by molar-refractivity contribution is 0.302. The summed E-state index contributed by atoms with van der Waals surface area (Å²) in [5.41, 5.74) is 2.80. The fraction of sp³-hybridized carbons (Fsp3) is 0.400. The zero-order valence-electron chi connectivity index (χ0n) is 12.2. The van der Waals surface area contributed by atoms with Crippen molar-refractivity contribution in [2.75, 3.05) is 11.9 Å². The summed E-state index contributed by atoms with van der Waals surface area (Å²) >= 11 is 0. The molecular formula is C15H20N4O. The van der Waals surface area contributed by atoms with Gasteiger partial charge in [0.1, 0.15) is 5.82 Å². The monoisotopic (exact) mass is 272 g/mol. The van der Waals surface area contributed by atoms with Gasteiger partial charge in [0.15, 0.2) is 0 Å². The number of hydrogen-bond acceptors (Lipinski definition) is 5. The van der Waals surface area contributed by atoms with E-state index < -0.39 is 0 Å². The first-order chi connectivity index (χ1) is 9.70. The zero-order valence-corrected chi connectivity index (χ0v) is 12.2. The number of rotatable bonds is 6. The van der Waals surface area contributed by atoms with E-state index in [1.807, 2.05) is 26.0 Å². The van der Waals surface area contributed by atoms with E-state index in [2.05, 4.69) is 27.2 Å². The fourth-order valence-electron chi connectivity index (χ4n) is 1.77. The van der Waals surface area contributed by atoms with Gasteiger partial charge in [-0.25, -0.2) is 9.97 Å². The largest absolute Gasteiger partial charge is 0.477 e. The highest BCUT2D eigenvalue weighted by atomic mass is 16.5. The normalized spacial score (nSPS) is 10.3. The standard InChI is InChI=1S/C15H20N4O/c1-4-8-20-15-13(6-5-7-16-15)10-18-14-12(3)17-9-11(2)19-14/h5-7,9H,4,8,10H2,1-3H3,(H,18,19). The van der Waals surface area contributed by atoms with Gasteiger partial charge in [-0.3, -0.25) is 4.98 Å². The third kappa shape index (κ3) is 3.66. The Morgan fingerprint density at radius 1 is 1.25 bits per heavy atom. The van der Waals surface area contributed by atoms with Crippen molar-refractivity contribution in [3.8, 4) is 5.88 Å². The Kier molecular flexibility index (Phi) is 4.87. The minimum Gasteiger partial charge on any atom is -0.477 e. The second-order valence-electron chi connectivity index (χ2n) is 4.62. The first kappa shape index (κ1) is 14.2. The van der Waals surface area contributed by atoms with Gasteiger partial charge in [-0.05, 0) is 26.3 Å². The molecule has 0 atom stereocenters. The van der Waals surface area contributed by atoms with Crippen LogP contribution in [0.25, 0.3) is 0 Å². The van der Waals surface area contributed by atoms with Crippen LogP contribution in [0.4, 0.5) is 5.82 Å². The SMILES string of the molecule is CCCOc1ncccc1CNc1nc(C)cnc1C. The fourth-order valence-corrected chi connectivity index (χ4v) is 1.77. The molecule has 20 heavy (non-hydrogen) atoms. The smallest absolute Gasteiger partial charge is 0.218 e. The average Bonchev–Trinajstić information content (AvgIpc) is 2.47. The zero-order chi connectivity index (χ0) is 14.4. The van der Waals surface area contributed by atoms with Gasteiger partial charge in [0.25, 0.3) is 0 Å². The molecule has 0 fully saturated rings. The molecule has 0 bridgehead atoms. The summed E-state index contributed by atoms with van der Waals surface area (Å²) in [6, 6.07) is 3.91. The van der Waals surface area contributed by atoms with Crippen LogP contribution in [0.2, 0.25) is 0 Å². The Hall–Kier alpha value is -2.17. The molecule has 0 aliphatic rings. The van der Waals surface area contributed by atoms with E-state index in [-0.39, 0.29) is 0 Å². The first-order valence-corrected chi connectivity index (χ1v) is 6.81. The molecule has 0 saturated carbocycles. The number of nitrogens with one attached hydrogen (secondary N) is 1. The van der Waals surface area contributed by atoms with Crippen LogP contribution in [0.15, 0.2) is 24.5 Å². The van der Waals surface area contributed by atoms with Gasteiger partial charge in [0, 0.05) is 24.5 Å². The maximum Gasteiger partial charge on any atom is 0.218 e. The summed E-state index contributed by atoms with van der Waals surface area (Å²) in [5.74, 6) is 1.48. The number of ether oxygens (including phenoxy) is 1. The molecule has 0 aromatic carbocycles. The number of pyridine rings is 1. The van der Waals surface area contributed by atoms with Crippen molar-refractivity contribution >= 4 is 5.82 Å². The van der Waals surface area contributed by atoms with Gasteiger partial charge >= 0.3 is 0 Å². The quantitative estimate of drug-likeness (QED) is 0.876. The summed E-state index contributed by atoms with van der Waals surface area (Å²) in [6.45, 7) is 7.23. The summed E-state index contributed by atoms with van der Waals surface area (Å²) in [6.07, 6.45) is 4.47. The molecule has 0 aliphatic carbocycles. The molecule has 0 amide bonds. The number of anilines is 1. The molecule has 106 valence electrons. The van der Waals surface area contributed by atoms with Crippen LogP contribution in [0.5, 0.6) is 5.88 Å². The highest BCUT2D eigenvalue weighted by Crippen LogP contribution is 2.17. The number of aromatic nitrogens is 3. The number of hydrogen-bond donors (Lipinski definition) is 1. The molecule has 0 aliphatic heterocycles. The lowest BCUT2D eigenvalue weighted by Crippen LogP contribution is -2.08. The highest BCUT2D eigenvalue weighted by Gasteiger charge is 2.06. The third-order valence-electron chi connectivity index (χ3n) is 2.82. The second kappa shape index (κ2) is 6.84. The Morgan fingerprint density at radius 2 is 2.10 bits per heavy atom. The molecule has 0 saturated heterocycles. The van der Waals surface area contributed by atoms with Crippen molar-refractivity contribution in [2.45, 2.75) is 33.7 Å². The van der Waals surface area contributed by atoms with E-state index in [0.29, 0.717) is 19.0 Å². The summed E-state index contributed by atoms with van der Waals surface area (Å²) in [4.78, 5) is 13.0. The molecule has 0 unspecified atom stereocenters. The maximum absolute atomic E-state index is 5.64. The van der Waals surface area contributed by atoms with Gasteiger partial charge in [-0.2, -0.15) is 0 Å². The van der Waals surface area contributed by atoms with Crippen molar-refractivity contribution in [1.82, 2.24) is 15.0 Å². The van der Waals surface area contributed by atoms with E-state index >= 15 is 0 Å². The van der Waals surface area contributed by atoms with Crippen molar-refractivity contribution < 1.29 is 4.74 Å². The van der Waals surface area contributed by atoms with Gasteiger partial charge in [0.05, 0.1) is 18.0 Å². The van der Waals surface area contributed by atoms with Crippen LogP contribution in [-0.2, 0) is 6.54 Å². The molecule has 0 spiro atoms. The lowest BCUT2D eigenvalue weighted by Gasteiger charge is -2.12. The maximum atomic E-state index is 5.64. The molecule has 2 heterocycles. The Balaban J connectivity index is 2.08. The molecule has 1 N–H and O–H groups in total. The van der Waals surface area contributed by atoms with Crippen molar-refractivity contribution in [2.24, 2.45) is 0 Å². The van der Waals surface area contributed by atoms with Gasteiger partial charge in [-0.15, -0.1) is 0 Å². The first-order valence-electron chi connectivity index (χ1n) is 6.81. The Morgan fingerprint density at radius 3 is 2.90 bits per heavy atom. The summed E-state index contributed by atoms with van der Waals surface area (Å²) in [5, 5.41) is 3.29. The van der Waals surface area contributed by atoms with E-state index in [1.54, 1.807) is 12.4 Å². The molecule has 2 aromatic rings. The van der Waals surface area contributed by atoms with Crippen LogP contribution >= 0.6 is 0 Å². The second-order valence-corrected chi connectivity index (χ2v) is 4.62. The molecular weight excluding hydrogens is 252 g/mol. The summed E-state index contributed by atoms with van der Waals surface area (Å²) < 4.78 is 5.64. The van der Waals surface area contributed by atoms with Gasteiger partial charge in [-0.1, -0.05) is 13.0 Å². The van der Waals surface area contributed by atoms with Crippen LogP contribution < -0.4 is 10.1 Å². The van der Waals surface area contributed by atoms with E-state index in [9.17, 15) is 0 Å². The molecule has 0 radical (unpaired) electrons. The Labute approximate surface area is 119 Å². The molecule has 5 heteroatoms. The van der Waals surface area contributed by atoms with Crippen molar-refractivity contribution in [1.29, 1.82) is 0 Å². The third-order valence-corrected chi connectivity index (χ3v) is 2.82. The molecule has 5 nitrogen and oxygen atoms in total. The topological polar surface area (TPSA) is 59.9 Å². The van der Waals surface area contributed by atoms with Crippen LogP contribution in [0.1, 0.15) is 30.3 Å². The van der Waals surface area contributed by atoms with Crippen molar-refractivity contribution in [3.05, 3.63) is 41.5 Å². The highest BCUT2D eigenvalue weighted by molar-refractivity contribution is 5.41. The van der Waals surface area contributed by atoms with Gasteiger partial charge in [0.2, 0.25) is 5.88 Å². The Bertz CT molecular complexity index is 572. The summed E-state index contributed by atoms with van der Waals surface area (Å²) in [7, 11) is 0. The lowest BCUT2D eigenvalue weighted by atomic mass is 10.2. The van der Waals surface area contributed by atoms with E-state index in [1.165, 1.54) is 0 Å². The van der Waals surface area contributed by atoms with Crippen LogP contribution in [0, 0.1) is 13.8 Å². The number of nitrogens with zero attached hydrogens (tertiary/aromatic N) is 3. The van der Waals surface area contributed by atoms with Crippen LogP contribution in [0.3, 0.4) is 0 Å². The minimum absolute atomic E-state index is 0.617. The van der Waals surface area contributed by atoms with E-state index in [4.69, 9.17) is 4.74 Å². The van der Waals surface area contributed by atoms with Crippen molar-refractivity contribution in [3.63, 3.8) is 0 Å². The number of aryl methyl sites for hydroxylation is 2. The predicted octanol–water partition coefficient (Wildman–Crippen LogP) is 2.89. The van der Waals surface area contributed by atoms with Gasteiger partial charge < -0.3 is 10.1 Å². The average molecular weight is 272 g/mol. The van der Waals surface area contributed by atoms with E-state index in [0.717, 1.165) is 29.2 Å². The van der Waals surface area contributed by atoms with Crippen LogP contribution in [-0.4, -0.2) is 21.6 Å². The molecule has 2 aromatic heterocycles.